The lowest BCUT2D eigenvalue weighted by Crippen LogP contribution is -3.15. The Labute approximate surface area is 157 Å². The van der Waals surface area contributed by atoms with Gasteiger partial charge in [-0.15, -0.1) is 0 Å². The Morgan fingerprint density at radius 2 is 2.00 bits per heavy atom. The van der Waals surface area contributed by atoms with Crippen LogP contribution in [-0.4, -0.2) is 57.2 Å². The Bertz CT molecular complexity index is 793. The third kappa shape index (κ3) is 3.25. The van der Waals surface area contributed by atoms with Gasteiger partial charge in [-0.1, -0.05) is 0 Å². The molecule has 0 saturated carbocycles. The molecule has 3 heterocycles. The standard InChI is InChI=1S/C19H22N2O6/c1-2-25-19(24)12-4-3-5-20(10-12)11-21-14-9-16-15(26-6-7-27-16)8-13(14)17(22)18(21)23/h8-9,12H,2-7,10-11H2,1H3/p+1/t12-/m0/s1. The zero-order valence-corrected chi connectivity index (χ0v) is 15.3. The molecule has 1 N–H and O–H groups in total. The number of carbonyl (C=O) groups excluding carboxylic acids is 3. The lowest BCUT2D eigenvalue weighted by Gasteiger charge is -2.31. The van der Waals surface area contributed by atoms with Crippen LogP contribution in [0.5, 0.6) is 11.5 Å². The van der Waals surface area contributed by atoms with Crippen molar-refractivity contribution in [2.24, 2.45) is 5.92 Å². The quantitative estimate of drug-likeness (QED) is 0.580. The molecule has 3 aliphatic rings. The minimum Gasteiger partial charge on any atom is -0.486 e. The van der Waals surface area contributed by atoms with Gasteiger partial charge in [-0.2, -0.15) is 0 Å². The third-order valence-electron chi connectivity index (χ3n) is 5.25. The molecular weight excluding hydrogens is 352 g/mol. The highest BCUT2D eigenvalue weighted by atomic mass is 16.6. The number of carbonyl (C=O) groups is 3. The summed E-state index contributed by atoms with van der Waals surface area (Å²) in [6.07, 6.45) is 1.67. The number of rotatable bonds is 4. The number of esters is 1. The molecule has 0 radical (unpaired) electrons. The number of piperidine rings is 1. The van der Waals surface area contributed by atoms with Crippen molar-refractivity contribution < 1.29 is 33.5 Å². The van der Waals surface area contributed by atoms with Crippen molar-refractivity contribution in [2.75, 3.05) is 44.5 Å². The van der Waals surface area contributed by atoms with Crippen molar-refractivity contribution in [3.8, 4) is 11.5 Å². The molecule has 0 aliphatic carbocycles. The number of Topliss-reactive ketones (excluding diaryl/α,β-unsaturated/α-hetero) is 1. The summed E-state index contributed by atoms with van der Waals surface area (Å²) in [5.41, 5.74) is 0.905. The Balaban J connectivity index is 1.54. The second-order valence-electron chi connectivity index (χ2n) is 7.03. The molecule has 27 heavy (non-hydrogen) atoms. The normalized spacial score (nSPS) is 24.0. The van der Waals surface area contributed by atoms with Crippen molar-refractivity contribution in [3.05, 3.63) is 17.7 Å². The molecule has 1 saturated heterocycles. The molecule has 1 aromatic carbocycles. The van der Waals surface area contributed by atoms with E-state index in [2.05, 4.69) is 0 Å². The second kappa shape index (κ2) is 7.19. The van der Waals surface area contributed by atoms with Gasteiger partial charge in [0.2, 0.25) is 0 Å². The predicted molar refractivity (Wildman–Crippen MR) is 94.2 cm³/mol. The van der Waals surface area contributed by atoms with E-state index in [0.717, 1.165) is 24.3 Å². The number of fused-ring (bicyclic) bond motifs is 2. The van der Waals surface area contributed by atoms with Crippen LogP contribution in [0.3, 0.4) is 0 Å². The predicted octanol–water partition coefficient (Wildman–Crippen LogP) is -0.197. The first kappa shape index (κ1) is 17.8. The van der Waals surface area contributed by atoms with Crippen LogP contribution >= 0.6 is 0 Å². The molecule has 0 bridgehead atoms. The van der Waals surface area contributed by atoms with Gasteiger partial charge in [0.25, 0.3) is 5.78 Å². The zero-order valence-electron chi connectivity index (χ0n) is 15.3. The number of anilines is 1. The number of nitrogens with zero attached hydrogens (tertiary/aromatic N) is 1. The van der Waals surface area contributed by atoms with Crippen LogP contribution in [0, 0.1) is 5.92 Å². The lowest BCUT2D eigenvalue weighted by atomic mass is 9.98. The maximum atomic E-state index is 12.6. The van der Waals surface area contributed by atoms with Crippen molar-refractivity contribution in [1.29, 1.82) is 0 Å². The van der Waals surface area contributed by atoms with Gasteiger partial charge in [-0.25, -0.2) is 0 Å². The number of ketones is 1. The summed E-state index contributed by atoms with van der Waals surface area (Å²) >= 11 is 0. The summed E-state index contributed by atoms with van der Waals surface area (Å²) < 4.78 is 16.2. The van der Waals surface area contributed by atoms with Crippen LogP contribution in [0.4, 0.5) is 5.69 Å². The van der Waals surface area contributed by atoms with Crippen molar-refractivity contribution in [2.45, 2.75) is 19.8 Å². The number of nitrogens with one attached hydrogen (secondary N) is 1. The fraction of sp³-hybridized carbons (Fsp3) is 0.526. The number of ether oxygens (including phenoxy) is 3. The average Bonchev–Trinajstić information content (AvgIpc) is 2.91. The van der Waals surface area contributed by atoms with Gasteiger partial charge in [0.15, 0.2) is 18.2 Å². The second-order valence-corrected chi connectivity index (χ2v) is 7.03. The Hall–Kier alpha value is -2.61. The topological polar surface area (TPSA) is 86.6 Å². The molecule has 0 aromatic heterocycles. The highest BCUT2D eigenvalue weighted by Gasteiger charge is 2.41. The van der Waals surface area contributed by atoms with E-state index in [1.54, 1.807) is 19.1 Å². The van der Waals surface area contributed by atoms with Gasteiger partial charge in [-0.3, -0.25) is 19.3 Å². The molecule has 4 rings (SSSR count). The Morgan fingerprint density at radius 3 is 2.74 bits per heavy atom. The van der Waals surface area contributed by atoms with E-state index >= 15 is 0 Å². The van der Waals surface area contributed by atoms with Crippen molar-refractivity contribution in [1.82, 2.24) is 0 Å². The monoisotopic (exact) mass is 375 g/mol. The SMILES string of the molecule is CCOC(=O)[C@H]1CCC[NH+](CN2C(=O)C(=O)c3cc4c(cc32)OCCO4)C1. The zero-order chi connectivity index (χ0) is 19.0. The lowest BCUT2D eigenvalue weighted by molar-refractivity contribution is -0.906. The largest absolute Gasteiger partial charge is 0.486 e. The maximum absolute atomic E-state index is 12.6. The van der Waals surface area contributed by atoms with E-state index in [1.807, 2.05) is 0 Å². The molecule has 1 aromatic rings. The molecule has 144 valence electrons. The first-order chi connectivity index (χ1) is 13.1. The van der Waals surface area contributed by atoms with E-state index in [-0.39, 0.29) is 11.9 Å². The van der Waals surface area contributed by atoms with Crippen molar-refractivity contribution in [3.63, 3.8) is 0 Å². The summed E-state index contributed by atoms with van der Waals surface area (Å²) in [5, 5.41) is 0. The number of hydrogen-bond acceptors (Lipinski definition) is 6. The van der Waals surface area contributed by atoms with Gasteiger partial charge in [0.05, 0.1) is 30.9 Å². The minimum atomic E-state index is -0.543. The average molecular weight is 375 g/mol. The van der Waals surface area contributed by atoms with E-state index in [9.17, 15) is 14.4 Å². The minimum absolute atomic E-state index is 0.165. The smallest absolute Gasteiger partial charge is 0.314 e. The molecule has 0 spiro atoms. The number of likely N-dealkylation sites (tertiary alicyclic amines) is 1. The van der Waals surface area contributed by atoms with Crippen LogP contribution < -0.4 is 19.3 Å². The van der Waals surface area contributed by atoms with Crippen LogP contribution in [0.15, 0.2) is 12.1 Å². The van der Waals surface area contributed by atoms with Gasteiger partial charge >= 0.3 is 11.9 Å². The first-order valence-electron chi connectivity index (χ1n) is 9.38. The maximum Gasteiger partial charge on any atom is 0.314 e. The third-order valence-corrected chi connectivity index (χ3v) is 5.25. The number of benzene rings is 1. The molecule has 2 atom stereocenters. The molecule has 8 heteroatoms. The van der Waals surface area contributed by atoms with E-state index in [1.165, 1.54) is 4.90 Å². The Kier molecular flexibility index (Phi) is 4.73. The van der Waals surface area contributed by atoms with E-state index in [0.29, 0.717) is 55.8 Å². The number of quaternary nitrogens is 1. The van der Waals surface area contributed by atoms with Gasteiger partial charge in [0.1, 0.15) is 19.1 Å². The van der Waals surface area contributed by atoms with Crippen LogP contribution in [0.2, 0.25) is 0 Å². The first-order valence-corrected chi connectivity index (χ1v) is 9.38. The van der Waals surface area contributed by atoms with Crippen LogP contribution in [-0.2, 0) is 14.3 Å². The summed E-state index contributed by atoms with van der Waals surface area (Å²) in [6.45, 7) is 4.79. The fourth-order valence-electron chi connectivity index (χ4n) is 3.97. The van der Waals surface area contributed by atoms with Crippen LogP contribution in [0.1, 0.15) is 30.1 Å². The number of amides is 1. The van der Waals surface area contributed by atoms with Gasteiger partial charge < -0.3 is 19.1 Å². The highest BCUT2D eigenvalue weighted by Crippen LogP contribution is 2.40. The van der Waals surface area contributed by atoms with Crippen molar-refractivity contribution >= 4 is 23.3 Å². The molecule has 1 amide bonds. The van der Waals surface area contributed by atoms with Gasteiger partial charge in [-0.05, 0) is 25.8 Å². The summed E-state index contributed by atoms with van der Waals surface area (Å²) in [4.78, 5) is 39.6. The Morgan fingerprint density at radius 1 is 1.26 bits per heavy atom. The summed E-state index contributed by atoms with van der Waals surface area (Å²) in [7, 11) is 0. The summed E-state index contributed by atoms with van der Waals surface area (Å²) in [5.74, 6) is -0.375. The molecule has 8 nitrogen and oxygen atoms in total. The van der Waals surface area contributed by atoms with Crippen LogP contribution in [0.25, 0.3) is 0 Å². The van der Waals surface area contributed by atoms with E-state index < -0.39 is 11.7 Å². The van der Waals surface area contributed by atoms with Gasteiger partial charge in [0, 0.05) is 6.07 Å². The molecule has 1 unspecified atom stereocenters. The molecular formula is C19H23N2O6+. The fourth-order valence-corrected chi connectivity index (χ4v) is 3.97. The highest BCUT2D eigenvalue weighted by molar-refractivity contribution is 6.52. The number of hydrogen-bond donors (Lipinski definition) is 1. The summed E-state index contributed by atoms with van der Waals surface area (Å²) in [6, 6.07) is 3.30. The molecule has 1 fully saturated rings. The van der Waals surface area contributed by atoms with E-state index in [4.69, 9.17) is 14.2 Å². The molecule has 3 aliphatic heterocycles.